The molecule has 10 radical (unpaired) electrons. The molecule has 0 bridgehead atoms. The van der Waals surface area contributed by atoms with E-state index in [0.717, 1.165) is 6.54 Å². The molecule has 5 rings (SSSR count). The minimum atomic E-state index is 0. The average molecular weight is 534 g/mol. The molecule has 3 aromatic rings. The number of fused-ring (bicyclic) bond motifs is 1. The Bertz CT molecular complexity index is 858. The van der Waals surface area contributed by atoms with Gasteiger partial charge in [0, 0.05) is 5.92 Å². The summed E-state index contributed by atoms with van der Waals surface area (Å²) in [6, 6.07) is 19.2. The summed E-state index contributed by atoms with van der Waals surface area (Å²) >= 11 is 0. The number of aromatic nitrogens is 2. The fourth-order valence-electron chi connectivity index (χ4n) is 3.50. The van der Waals surface area contributed by atoms with Crippen LogP contribution in [0.4, 0.5) is 0 Å². The zero-order valence-electron chi connectivity index (χ0n) is 16.2. The first-order valence-corrected chi connectivity index (χ1v) is 9.24. The topological polar surface area (TPSA) is 8.81 Å². The van der Waals surface area contributed by atoms with Crippen LogP contribution in [0, 0.1) is 63.7 Å². The van der Waals surface area contributed by atoms with Crippen molar-refractivity contribution in [3.8, 4) is 11.4 Å². The van der Waals surface area contributed by atoms with Crippen LogP contribution in [0.1, 0.15) is 0 Å². The van der Waals surface area contributed by atoms with Crippen molar-refractivity contribution in [1.82, 2.24) is 4.57 Å². The van der Waals surface area contributed by atoms with Crippen molar-refractivity contribution in [3.05, 3.63) is 118 Å². The van der Waals surface area contributed by atoms with Gasteiger partial charge in [-0.05, 0) is 82.1 Å². The van der Waals surface area contributed by atoms with Crippen LogP contribution in [-0.4, -0.2) is 4.57 Å². The maximum atomic E-state index is 2.40. The number of nitrogens with zero attached hydrogens (tertiary/aromatic N) is 2. The maximum Gasteiger partial charge on any atom is 2.00 e. The zero-order valence-corrected chi connectivity index (χ0v) is 19.5. The quantitative estimate of drug-likeness (QED) is 0.274. The Labute approximate surface area is 203 Å². The Morgan fingerprint density at radius 2 is 1.28 bits per heavy atom. The SMILES string of the molecule is C[n+]1c(-c2ccccc2)n(C[C]2[CH][CH][CH][CH]2)c2ccccc21.[CH]1[CH][CH][CH][CH]1.[Fe+2].[I-]. The van der Waals surface area contributed by atoms with Crippen LogP contribution in [0.2, 0.25) is 0 Å². The van der Waals surface area contributed by atoms with Gasteiger partial charge in [-0.3, -0.25) is 0 Å². The summed E-state index contributed by atoms with van der Waals surface area (Å²) in [6.07, 6.45) is 18.6. The number of halogens is 1. The van der Waals surface area contributed by atoms with E-state index in [1.807, 2.05) is 32.1 Å². The van der Waals surface area contributed by atoms with E-state index < -0.39 is 0 Å². The molecular weight excluding hydrogens is 511 g/mol. The summed E-state index contributed by atoms with van der Waals surface area (Å²) < 4.78 is 4.69. The standard InChI is InChI=1S/C20H18N2.C5H5.Fe.HI/c1-21-18-13-7-8-14-19(18)22(15-16-9-5-6-10-16)20(21)17-11-3-2-4-12-17;1-2-4-5-3-1;;/h2-14H,15H2,1H3;1-5H;;1H/q+1;;+2;/p-1. The molecule has 2 aromatic carbocycles. The van der Waals surface area contributed by atoms with Crippen LogP contribution >= 0.6 is 0 Å². The molecule has 0 aliphatic heterocycles. The first-order chi connectivity index (χ1) is 13.3. The van der Waals surface area contributed by atoms with Gasteiger partial charge >= 0.3 is 17.1 Å². The Morgan fingerprint density at radius 3 is 1.90 bits per heavy atom. The summed E-state index contributed by atoms with van der Waals surface area (Å²) in [5.74, 6) is 2.57. The summed E-state index contributed by atoms with van der Waals surface area (Å²) in [5.41, 5.74) is 3.77. The van der Waals surface area contributed by atoms with Gasteiger partial charge in [0.2, 0.25) is 0 Å². The number of benzene rings is 2. The predicted molar refractivity (Wildman–Crippen MR) is 110 cm³/mol. The van der Waals surface area contributed by atoms with Gasteiger partial charge in [-0.15, -0.1) is 0 Å². The van der Waals surface area contributed by atoms with Crippen molar-refractivity contribution in [2.45, 2.75) is 6.54 Å². The molecule has 2 saturated carbocycles. The first-order valence-electron chi connectivity index (χ1n) is 9.24. The third-order valence-corrected chi connectivity index (χ3v) is 4.77. The maximum absolute atomic E-state index is 2.40. The van der Waals surface area contributed by atoms with Crippen molar-refractivity contribution >= 4 is 11.0 Å². The van der Waals surface area contributed by atoms with Crippen molar-refractivity contribution in [2.75, 3.05) is 0 Å². The van der Waals surface area contributed by atoms with E-state index >= 15 is 0 Å². The number of hydrogen-bond donors (Lipinski definition) is 0. The predicted octanol–water partition coefficient (Wildman–Crippen LogP) is 1.56. The number of hydrogen-bond acceptors (Lipinski definition) is 0. The minimum absolute atomic E-state index is 0. The van der Waals surface area contributed by atoms with Crippen LogP contribution in [0.25, 0.3) is 22.4 Å². The molecule has 0 spiro atoms. The van der Waals surface area contributed by atoms with E-state index in [-0.39, 0.29) is 41.0 Å². The molecule has 2 aliphatic carbocycles. The summed E-state index contributed by atoms with van der Waals surface area (Å²) in [7, 11) is 2.14. The van der Waals surface area contributed by atoms with Crippen LogP contribution in [0.15, 0.2) is 54.6 Å². The van der Waals surface area contributed by atoms with Crippen LogP contribution in [0.5, 0.6) is 0 Å². The Kier molecular flexibility index (Phi) is 10.2. The van der Waals surface area contributed by atoms with Gasteiger partial charge in [-0.25, -0.2) is 9.13 Å². The van der Waals surface area contributed by atoms with Gasteiger partial charge in [0.05, 0.1) is 19.2 Å². The largest absolute Gasteiger partial charge is 2.00 e. The van der Waals surface area contributed by atoms with E-state index in [4.69, 9.17) is 0 Å². The molecule has 146 valence electrons. The first kappa shape index (κ1) is 24.4. The molecule has 1 aromatic heterocycles. The number of aryl methyl sites for hydroxylation is 1. The second kappa shape index (κ2) is 12.1. The Balaban J connectivity index is 0.000000378. The van der Waals surface area contributed by atoms with E-state index in [9.17, 15) is 0 Å². The van der Waals surface area contributed by atoms with Gasteiger partial charge in [-0.2, -0.15) is 0 Å². The third kappa shape index (κ3) is 5.86. The van der Waals surface area contributed by atoms with Crippen LogP contribution in [-0.2, 0) is 30.7 Å². The Morgan fingerprint density at radius 1 is 0.724 bits per heavy atom. The fourth-order valence-corrected chi connectivity index (χ4v) is 3.50. The van der Waals surface area contributed by atoms with E-state index in [2.05, 4.69) is 96.5 Å². The second-order valence-electron chi connectivity index (χ2n) is 6.58. The molecule has 29 heavy (non-hydrogen) atoms. The summed E-state index contributed by atoms with van der Waals surface area (Å²) in [5, 5.41) is 0. The number of rotatable bonds is 3. The van der Waals surface area contributed by atoms with Gasteiger partial charge < -0.3 is 24.0 Å². The van der Waals surface area contributed by atoms with Gasteiger partial charge in [-0.1, -0.05) is 30.3 Å². The van der Waals surface area contributed by atoms with Crippen molar-refractivity contribution in [3.63, 3.8) is 0 Å². The molecule has 1 heterocycles. The van der Waals surface area contributed by atoms with E-state index in [1.165, 1.54) is 28.3 Å². The normalized spacial score (nSPS) is 16.0. The van der Waals surface area contributed by atoms with Gasteiger partial charge in [0.25, 0.3) is 5.82 Å². The zero-order chi connectivity index (χ0) is 18.5. The van der Waals surface area contributed by atoms with E-state index in [1.54, 1.807) is 0 Å². The molecule has 0 N–H and O–H groups in total. The van der Waals surface area contributed by atoms with E-state index in [0.29, 0.717) is 0 Å². The average Bonchev–Trinajstić information content (AvgIpc) is 3.48. The Hall–Kier alpha value is -0.841. The van der Waals surface area contributed by atoms with Gasteiger partial charge in [0.1, 0.15) is 0 Å². The smallest absolute Gasteiger partial charge is 1.00 e. The second-order valence-corrected chi connectivity index (χ2v) is 6.58. The monoisotopic (exact) mass is 534 g/mol. The van der Waals surface area contributed by atoms with Crippen LogP contribution < -0.4 is 28.5 Å². The molecule has 2 nitrogen and oxygen atoms in total. The molecule has 0 amide bonds. The molecule has 4 heteroatoms. The molecule has 2 fully saturated rings. The third-order valence-electron chi connectivity index (χ3n) is 4.77. The fraction of sp³-hybridized carbons (Fsp3) is 0.0800. The molecular formula is C25H23FeIN2+2. The molecule has 0 atom stereocenters. The molecule has 0 saturated heterocycles. The van der Waals surface area contributed by atoms with Crippen molar-refractivity contribution in [1.29, 1.82) is 0 Å². The number of para-hydroxylation sites is 2. The van der Waals surface area contributed by atoms with Crippen molar-refractivity contribution < 1.29 is 45.6 Å². The molecule has 2 aliphatic rings. The summed E-state index contributed by atoms with van der Waals surface area (Å²) in [4.78, 5) is 0. The molecule has 0 unspecified atom stereocenters. The van der Waals surface area contributed by atoms with Gasteiger partial charge in [0.15, 0.2) is 11.0 Å². The number of imidazole rings is 1. The van der Waals surface area contributed by atoms with Crippen molar-refractivity contribution in [2.24, 2.45) is 7.05 Å². The summed E-state index contributed by atoms with van der Waals surface area (Å²) in [6.45, 7) is 0.887. The van der Waals surface area contributed by atoms with Crippen LogP contribution in [0.3, 0.4) is 0 Å². The minimum Gasteiger partial charge on any atom is -1.00 e.